The predicted molar refractivity (Wildman–Crippen MR) is 87.2 cm³/mol. The van der Waals surface area contributed by atoms with E-state index >= 15 is 0 Å². The molecular formula is C17H15F2N5O. The third kappa shape index (κ3) is 3.85. The van der Waals surface area contributed by atoms with Crippen LogP contribution in [0.1, 0.15) is 17.8 Å². The molecular weight excluding hydrogens is 328 g/mol. The summed E-state index contributed by atoms with van der Waals surface area (Å²) in [6.45, 7) is 1.70. The van der Waals surface area contributed by atoms with E-state index in [1.165, 1.54) is 28.9 Å². The van der Waals surface area contributed by atoms with Gasteiger partial charge in [-0.05, 0) is 53.6 Å². The van der Waals surface area contributed by atoms with E-state index < -0.39 is 11.7 Å². The van der Waals surface area contributed by atoms with E-state index in [0.29, 0.717) is 17.1 Å². The molecule has 0 aliphatic heterocycles. The number of tetrazole rings is 1. The Hall–Kier alpha value is -3.16. The van der Waals surface area contributed by atoms with Gasteiger partial charge in [0.2, 0.25) is 5.91 Å². The number of hydrogen-bond acceptors (Lipinski definition) is 4. The molecule has 6 nitrogen and oxygen atoms in total. The number of carbonyl (C=O) groups is 1. The number of rotatable bonds is 5. The summed E-state index contributed by atoms with van der Waals surface area (Å²) in [6, 6.07) is 10.4. The van der Waals surface area contributed by atoms with Gasteiger partial charge in [-0.1, -0.05) is 18.2 Å². The summed E-state index contributed by atoms with van der Waals surface area (Å²) in [5, 5.41) is 13.6. The van der Waals surface area contributed by atoms with Gasteiger partial charge in [-0.3, -0.25) is 4.79 Å². The van der Waals surface area contributed by atoms with Crippen LogP contribution < -0.4 is 5.32 Å². The van der Waals surface area contributed by atoms with Gasteiger partial charge in [-0.2, -0.15) is 4.68 Å². The average molecular weight is 343 g/mol. The molecule has 0 radical (unpaired) electrons. The van der Waals surface area contributed by atoms with Crippen molar-refractivity contribution in [3.8, 4) is 5.69 Å². The maximum atomic E-state index is 14.0. The lowest BCUT2D eigenvalue weighted by Gasteiger charge is -2.09. The molecule has 0 saturated heterocycles. The second-order valence-corrected chi connectivity index (χ2v) is 5.44. The monoisotopic (exact) mass is 343 g/mol. The van der Waals surface area contributed by atoms with Gasteiger partial charge in [-0.15, -0.1) is 5.10 Å². The van der Waals surface area contributed by atoms with Crippen molar-refractivity contribution in [2.75, 3.05) is 5.32 Å². The highest BCUT2D eigenvalue weighted by molar-refractivity contribution is 5.91. The topological polar surface area (TPSA) is 72.7 Å². The van der Waals surface area contributed by atoms with Crippen LogP contribution in [-0.4, -0.2) is 26.1 Å². The smallest absolute Gasteiger partial charge is 0.224 e. The van der Waals surface area contributed by atoms with Crippen molar-refractivity contribution in [1.29, 1.82) is 0 Å². The number of aromatic nitrogens is 4. The van der Waals surface area contributed by atoms with Crippen LogP contribution in [-0.2, 0) is 11.2 Å². The quantitative estimate of drug-likeness (QED) is 0.773. The number of amides is 1. The first-order chi connectivity index (χ1) is 12.0. The molecule has 2 aromatic carbocycles. The van der Waals surface area contributed by atoms with E-state index in [0.717, 1.165) is 0 Å². The minimum absolute atomic E-state index is 0.0194. The van der Waals surface area contributed by atoms with Crippen LogP contribution in [0, 0.1) is 18.6 Å². The van der Waals surface area contributed by atoms with Gasteiger partial charge >= 0.3 is 0 Å². The third-order valence-corrected chi connectivity index (χ3v) is 3.67. The Balaban J connectivity index is 1.71. The zero-order valence-electron chi connectivity index (χ0n) is 13.4. The van der Waals surface area contributed by atoms with Crippen molar-refractivity contribution in [2.45, 2.75) is 19.8 Å². The van der Waals surface area contributed by atoms with Crippen LogP contribution in [0.4, 0.5) is 14.5 Å². The lowest BCUT2D eigenvalue weighted by molar-refractivity contribution is -0.116. The molecule has 0 unspecified atom stereocenters. The average Bonchev–Trinajstić information content (AvgIpc) is 3.02. The fourth-order valence-corrected chi connectivity index (χ4v) is 2.37. The normalized spacial score (nSPS) is 10.7. The van der Waals surface area contributed by atoms with E-state index in [4.69, 9.17) is 0 Å². The molecule has 0 saturated carbocycles. The highest BCUT2D eigenvalue weighted by Gasteiger charge is 2.12. The van der Waals surface area contributed by atoms with E-state index in [-0.39, 0.29) is 24.3 Å². The number of nitrogens with zero attached hydrogens (tertiary/aromatic N) is 4. The lowest BCUT2D eigenvalue weighted by Crippen LogP contribution is -2.14. The van der Waals surface area contributed by atoms with Crippen molar-refractivity contribution in [3.63, 3.8) is 0 Å². The van der Waals surface area contributed by atoms with Crippen molar-refractivity contribution in [3.05, 3.63) is 65.5 Å². The van der Waals surface area contributed by atoms with E-state index in [1.54, 1.807) is 25.1 Å². The largest absolute Gasteiger partial charge is 0.324 e. The Morgan fingerprint density at radius 1 is 1.16 bits per heavy atom. The zero-order valence-corrected chi connectivity index (χ0v) is 13.4. The SMILES string of the molecule is Cc1nnnn1-c1ccc(F)c(NC(=O)CCc2ccccc2F)c1. The van der Waals surface area contributed by atoms with Crippen LogP contribution in [0.2, 0.25) is 0 Å². The van der Waals surface area contributed by atoms with Gasteiger partial charge in [0, 0.05) is 6.42 Å². The summed E-state index contributed by atoms with van der Waals surface area (Å²) >= 11 is 0. The van der Waals surface area contributed by atoms with Crippen LogP contribution in [0.5, 0.6) is 0 Å². The summed E-state index contributed by atoms with van der Waals surface area (Å²) in [7, 11) is 0. The number of anilines is 1. The molecule has 3 aromatic rings. The fourth-order valence-electron chi connectivity index (χ4n) is 2.37. The predicted octanol–water partition coefficient (Wildman–Crippen LogP) is 2.82. The van der Waals surface area contributed by atoms with E-state index in [9.17, 15) is 13.6 Å². The zero-order chi connectivity index (χ0) is 17.8. The highest BCUT2D eigenvalue weighted by atomic mass is 19.1. The van der Waals surface area contributed by atoms with E-state index in [2.05, 4.69) is 20.8 Å². The summed E-state index contributed by atoms with van der Waals surface area (Å²) in [6.07, 6.45) is 0.264. The van der Waals surface area contributed by atoms with Crippen molar-refractivity contribution < 1.29 is 13.6 Å². The summed E-state index contributed by atoms with van der Waals surface area (Å²) in [4.78, 5) is 12.1. The van der Waals surface area contributed by atoms with Gasteiger partial charge in [0.05, 0.1) is 11.4 Å². The fraction of sp³-hybridized carbons (Fsp3) is 0.176. The van der Waals surface area contributed by atoms with Gasteiger partial charge in [0.1, 0.15) is 11.6 Å². The number of hydrogen-bond donors (Lipinski definition) is 1. The molecule has 1 amide bonds. The van der Waals surface area contributed by atoms with E-state index in [1.807, 2.05) is 0 Å². The Labute approximate surface area is 142 Å². The molecule has 1 heterocycles. The van der Waals surface area contributed by atoms with Gasteiger partial charge < -0.3 is 5.32 Å². The van der Waals surface area contributed by atoms with Gasteiger partial charge in [0.15, 0.2) is 5.82 Å². The minimum atomic E-state index is -0.575. The molecule has 8 heteroatoms. The molecule has 0 spiro atoms. The van der Waals surface area contributed by atoms with Crippen LogP contribution in [0.25, 0.3) is 5.69 Å². The molecule has 128 valence electrons. The molecule has 0 atom stereocenters. The van der Waals surface area contributed by atoms with Crippen LogP contribution >= 0.6 is 0 Å². The number of aryl methyl sites for hydroxylation is 2. The standard InChI is InChI=1S/C17H15F2N5O/c1-11-21-22-23-24(11)13-7-8-15(19)16(10-13)20-17(25)9-6-12-4-2-3-5-14(12)18/h2-5,7-8,10H,6,9H2,1H3,(H,20,25). The Kier molecular flexibility index (Phi) is 4.78. The number of halogens is 2. The molecule has 1 N–H and O–H groups in total. The number of benzene rings is 2. The van der Waals surface area contributed by atoms with Crippen molar-refractivity contribution >= 4 is 11.6 Å². The first-order valence-corrected chi connectivity index (χ1v) is 7.63. The molecule has 0 aliphatic carbocycles. The minimum Gasteiger partial charge on any atom is -0.324 e. The van der Waals surface area contributed by atoms with Crippen LogP contribution in [0.15, 0.2) is 42.5 Å². The Morgan fingerprint density at radius 3 is 2.68 bits per heavy atom. The molecule has 0 bridgehead atoms. The molecule has 25 heavy (non-hydrogen) atoms. The second-order valence-electron chi connectivity index (χ2n) is 5.44. The molecule has 3 rings (SSSR count). The van der Waals surface area contributed by atoms with Gasteiger partial charge in [0.25, 0.3) is 0 Å². The molecule has 0 aliphatic rings. The summed E-state index contributed by atoms with van der Waals surface area (Å²) in [5.74, 6) is -0.817. The highest BCUT2D eigenvalue weighted by Crippen LogP contribution is 2.19. The Morgan fingerprint density at radius 2 is 1.96 bits per heavy atom. The van der Waals surface area contributed by atoms with Crippen molar-refractivity contribution in [1.82, 2.24) is 20.2 Å². The number of nitrogens with one attached hydrogen (secondary N) is 1. The number of carbonyl (C=O) groups excluding carboxylic acids is 1. The van der Waals surface area contributed by atoms with Crippen LogP contribution in [0.3, 0.4) is 0 Å². The maximum absolute atomic E-state index is 14.0. The lowest BCUT2D eigenvalue weighted by atomic mass is 10.1. The first-order valence-electron chi connectivity index (χ1n) is 7.63. The van der Waals surface area contributed by atoms with Gasteiger partial charge in [-0.25, -0.2) is 8.78 Å². The maximum Gasteiger partial charge on any atom is 0.224 e. The van der Waals surface area contributed by atoms with Crippen molar-refractivity contribution in [2.24, 2.45) is 0 Å². The molecule has 1 aromatic heterocycles. The first kappa shape index (κ1) is 16.7. The summed E-state index contributed by atoms with van der Waals surface area (Å²) < 4.78 is 29.0. The second kappa shape index (κ2) is 7.16. The Bertz CT molecular complexity index is 910. The summed E-state index contributed by atoms with van der Waals surface area (Å²) in [5.41, 5.74) is 0.982. The third-order valence-electron chi connectivity index (χ3n) is 3.67. The molecule has 0 fully saturated rings.